The van der Waals surface area contributed by atoms with Gasteiger partial charge in [-0.15, -0.1) is 0 Å². The van der Waals surface area contributed by atoms with Crippen molar-refractivity contribution in [1.82, 2.24) is 10.6 Å². The highest BCUT2D eigenvalue weighted by Gasteiger charge is 2.24. The summed E-state index contributed by atoms with van der Waals surface area (Å²) in [7, 11) is 11.4. The quantitative estimate of drug-likeness (QED) is 0.0278. The van der Waals surface area contributed by atoms with Gasteiger partial charge in [-0.25, -0.2) is 0 Å². The molecule has 0 fully saturated rings. The molecule has 0 saturated carbocycles. The smallest absolute Gasteiger partial charge is 0.323 e. The molecule has 58 heavy (non-hydrogen) atoms. The molecular weight excluding hydrogens is 829 g/mol. The first-order valence-electron chi connectivity index (χ1n) is 20.1. The van der Waals surface area contributed by atoms with Crippen LogP contribution in [0.2, 0.25) is 0 Å². The number of hydrogen-bond acceptors (Lipinski definition) is 16. The Kier molecular flexibility index (Phi) is 39.0. The van der Waals surface area contributed by atoms with Crippen LogP contribution in [0.1, 0.15) is 129 Å². The summed E-state index contributed by atoms with van der Waals surface area (Å²) < 4.78 is 9.56. The molecular formula is C40H70N2O12S4. The fourth-order valence-electron chi connectivity index (χ4n) is 5.34. The summed E-state index contributed by atoms with van der Waals surface area (Å²) in [5.74, 6) is -1.80. The number of carbonyl (C=O) groups is 8. The zero-order valence-electron chi connectivity index (χ0n) is 35.5. The van der Waals surface area contributed by atoms with Crippen molar-refractivity contribution in [3.63, 3.8) is 0 Å². The molecule has 0 aliphatic carbocycles. The number of carboxylic acid groups (broad SMARTS) is 2. The van der Waals surface area contributed by atoms with Crippen LogP contribution in [-0.2, 0) is 47.8 Å². The summed E-state index contributed by atoms with van der Waals surface area (Å²) in [5.41, 5.74) is 0. The van der Waals surface area contributed by atoms with Crippen molar-refractivity contribution in [2.45, 2.75) is 142 Å². The minimum Gasteiger partial charge on any atom is -0.481 e. The van der Waals surface area contributed by atoms with E-state index in [4.69, 9.17) is 14.6 Å². The number of hydrogen-bond donors (Lipinski definition) is 4. The topological polar surface area (TPSA) is 220 Å². The highest BCUT2D eigenvalue weighted by molar-refractivity contribution is 8.77. The molecule has 0 rings (SSSR count). The van der Waals surface area contributed by atoms with Crippen LogP contribution in [0, 0.1) is 11.8 Å². The Balaban J connectivity index is 0. The van der Waals surface area contributed by atoms with E-state index in [0.717, 1.165) is 77.0 Å². The van der Waals surface area contributed by atoms with Gasteiger partial charge in [0.15, 0.2) is 0 Å². The fraction of sp³-hybridized carbons (Fsp3) is 0.800. The first kappa shape index (κ1) is 58.0. The third-order valence-electron chi connectivity index (χ3n) is 8.96. The maximum absolute atomic E-state index is 12.3. The van der Waals surface area contributed by atoms with Gasteiger partial charge in [-0.2, -0.15) is 0 Å². The predicted molar refractivity (Wildman–Crippen MR) is 236 cm³/mol. The van der Waals surface area contributed by atoms with Crippen molar-refractivity contribution >= 4 is 90.2 Å². The molecule has 0 spiro atoms. The summed E-state index contributed by atoms with van der Waals surface area (Å²) in [6, 6.07) is -1.09. The molecule has 0 aromatic carbocycles. The van der Waals surface area contributed by atoms with Crippen molar-refractivity contribution < 1.29 is 58.0 Å². The number of methoxy groups -OCH3 is 2. The van der Waals surface area contributed by atoms with E-state index in [-0.39, 0.29) is 53.7 Å². The van der Waals surface area contributed by atoms with E-state index in [0.29, 0.717) is 42.9 Å². The van der Waals surface area contributed by atoms with Gasteiger partial charge >= 0.3 is 23.9 Å². The Hall–Kier alpha value is -2.12. The number of esters is 2. The molecule has 0 aromatic heterocycles. The molecule has 0 bridgehead atoms. The number of unbranched alkanes of at least 4 members (excludes halogenated alkanes) is 10. The molecule has 0 radical (unpaired) electrons. The lowest BCUT2D eigenvalue weighted by molar-refractivity contribution is -0.146. The fourth-order valence-corrected chi connectivity index (χ4v) is 10.4. The lowest BCUT2D eigenvalue weighted by Gasteiger charge is -2.15. The molecule has 18 heteroatoms. The molecule has 0 amide bonds. The third-order valence-corrected chi connectivity index (χ3v) is 13.9. The zero-order chi connectivity index (χ0) is 44.1. The molecule has 14 nitrogen and oxygen atoms in total. The highest BCUT2D eigenvalue weighted by Crippen LogP contribution is 2.28. The van der Waals surface area contributed by atoms with Gasteiger partial charge in [0, 0.05) is 61.5 Å². The number of likely N-dealkylation sites (N-methyl/N-ethyl adjacent to an activating group) is 2. The number of carbonyl (C=O) groups excluding carboxylic acids is 6. The van der Waals surface area contributed by atoms with E-state index in [9.17, 15) is 43.5 Å². The monoisotopic (exact) mass is 898 g/mol. The molecule has 0 aromatic rings. The van der Waals surface area contributed by atoms with Crippen molar-refractivity contribution in [3.8, 4) is 0 Å². The van der Waals surface area contributed by atoms with Crippen LogP contribution in [0.4, 0.5) is 0 Å². The van der Waals surface area contributed by atoms with E-state index in [1.807, 2.05) is 0 Å². The minimum atomic E-state index is -0.990. The second-order valence-corrected chi connectivity index (χ2v) is 19.2. The summed E-state index contributed by atoms with van der Waals surface area (Å²) in [5, 5.41) is 23.8. The predicted octanol–water partition coefficient (Wildman–Crippen LogP) is 7.00. The Labute approximate surface area is 361 Å². The lowest BCUT2D eigenvalue weighted by atomic mass is 10.00. The van der Waals surface area contributed by atoms with Crippen molar-refractivity contribution in [2.75, 3.05) is 51.3 Å². The Bertz CT molecular complexity index is 1210. The van der Waals surface area contributed by atoms with Gasteiger partial charge in [-0.3, -0.25) is 28.8 Å². The number of rotatable bonds is 38. The van der Waals surface area contributed by atoms with E-state index < -0.39 is 35.9 Å². The van der Waals surface area contributed by atoms with Gasteiger partial charge in [0.05, 0.1) is 26.1 Å². The van der Waals surface area contributed by atoms with Crippen LogP contribution in [0.25, 0.3) is 0 Å². The Morgan fingerprint density at radius 1 is 0.466 bits per heavy atom. The van der Waals surface area contributed by atoms with Gasteiger partial charge < -0.3 is 39.9 Å². The average molecular weight is 899 g/mol. The SMILES string of the molecule is CNC(CSSCC(CC(=O)CCCCCCCCC(C)=O)C(=O)O)C(=O)O.CNC(CSSCC(CC(=O)CCCCCCCCC(C)=O)C(=O)OC)C(=O)OC. The van der Waals surface area contributed by atoms with E-state index in [1.54, 1.807) is 27.9 Å². The summed E-state index contributed by atoms with van der Waals surface area (Å²) >= 11 is 0. The van der Waals surface area contributed by atoms with Crippen LogP contribution in [0.15, 0.2) is 0 Å². The van der Waals surface area contributed by atoms with Crippen LogP contribution < -0.4 is 10.6 Å². The van der Waals surface area contributed by atoms with E-state index >= 15 is 0 Å². The summed E-state index contributed by atoms with van der Waals surface area (Å²) in [4.78, 5) is 91.8. The van der Waals surface area contributed by atoms with E-state index in [1.165, 1.54) is 57.4 Å². The van der Waals surface area contributed by atoms with Crippen LogP contribution >= 0.6 is 43.2 Å². The van der Waals surface area contributed by atoms with Crippen LogP contribution in [-0.4, -0.2) is 121 Å². The maximum atomic E-state index is 12.3. The number of nitrogens with one attached hydrogen (secondary N) is 2. The van der Waals surface area contributed by atoms with Gasteiger partial charge in [-0.05, 0) is 53.6 Å². The third kappa shape index (κ3) is 34.7. The molecule has 0 saturated heterocycles. The highest BCUT2D eigenvalue weighted by atomic mass is 33.1. The molecule has 336 valence electrons. The number of ether oxygens (including phenoxy) is 2. The second-order valence-electron chi connectivity index (χ2n) is 14.1. The number of ketones is 4. The largest absolute Gasteiger partial charge is 0.481 e. The summed E-state index contributed by atoms with van der Waals surface area (Å²) in [6.45, 7) is 3.22. The number of Topliss-reactive ketones (excluding diaryl/α,β-unsaturated/α-hetero) is 4. The normalized spacial score (nSPS) is 12.9. The van der Waals surface area contributed by atoms with Gasteiger partial charge in [0.2, 0.25) is 0 Å². The Morgan fingerprint density at radius 2 is 0.810 bits per heavy atom. The number of aliphatic carboxylic acids is 2. The first-order valence-corrected chi connectivity index (χ1v) is 25.1. The van der Waals surface area contributed by atoms with Gasteiger partial charge in [0.1, 0.15) is 35.2 Å². The first-order chi connectivity index (χ1) is 27.6. The Morgan fingerprint density at radius 3 is 1.17 bits per heavy atom. The molecule has 0 aliphatic heterocycles. The van der Waals surface area contributed by atoms with E-state index in [2.05, 4.69) is 10.6 Å². The minimum absolute atomic E-state index is 0.0237. The second kappa shape index (κ2) is 39.0. The van der Waals surface area contributed by atoms with Crippen molar-refractivity contribution in [3.05, 3.63) is 0 Å². The maximum Gasteiger partial charge on any atom is 0.323 e. The van der Waals surface area contributed by atoms with Gasteiger partial charge in [0.25, 0.3) is 0 Å². The zero-order valence-corrected chi connectivity index (χ0v) is 38.7. The molecule has 0 aliphatic rings. The number of carboxylic acids is 2. The standard InChI is InChI=1S/C21H37NO6S2.C19H33NO6S2/c1-16(23)11-9-7-5-6-8-10-12-18(24)13-17(20(25)27-3)14-29-30-15-19(22-2)21(26)28-4;1-14(21)9-7-5-3-4-6-8-10-16(22)11-15(18(23)24)12-27-28-13-17(20-2)19(25)26/h17,19,22H,5-15H2,1-4H3;15,17,20H,3-13H2,1-2H3,(H,23,24)(H,25,26). The molecule has 4 unspecified atom stereocenters. The van der Waals surface area contributed by atoms with Crippen molar-refractivity contribution in [2.24, 2.45) is 11.8 Å². The molecule has 0 heterocycles. The van der Waals surface area contributed by atoms with Crippen LogP contribution in [0.3, 0.4) is 0 Å². The molecule has 4 N–H and O–H groups in total. The van der Waals surface area contributed by atoms with Crippen molar-refractivity contribution in [1.29, 1.82) is 0 Å². The summed E-state index contributed by atoms with van der Waals surface area (Å²) in [6.07, 6.45) is 14.1. The van der Waals surface area contributed by atoms with Gasteiger partial charge in [-0.1, -0.05) is 94.5 Å². The van der Waals surface area contributed by atoms with Crippen LogP contribution in [0.5, 0.6) is 0 Å². The average Bonchev–Trinajstić information content (AvgIpc) is 3.18. The molecule has 4 atom stereocenters. The lowest BCUT2D eigenvalue weighted by Crippen LogP contribution is -2.37.